The van der Waals surface area contributed by atoms with Gasteiger partial charge in [0.15, 0.2) is 0 Å². The summed E-state index contributed by atoms with van der Waals surface area (Å²) in [5.41, 5.74) is 8.37. The smallest absolute Gasteiger partial charge is 0.123 e. The fourth-order valence-corrected chi connectivity index (χ4v) is 1.10. The van der Waals surface area contributed by atoms with Crippen LogP contribution in [-0.2, 0) is 6.54 Å². The van der Waals surface area contributed by atoms with Crippen molar-refractivity contribution in [1.82, 2.24) is 0 Å². The average molecular weight is 153 g/mol. The molecule has 0 heterocycles. The van der Waals surface area contributed by atoms with Crippen molar-refractivity contribution < 1.29 is 4.39 Å². The van der Waals surface area contributed by atoms with Gasteiger partial charge in [-0.05, 0) is 42.7 Å². The molecule has 1 rings (SSSR count). The number of benzene rings is 1. The van der Waals surface area contributed by atoms with Gasteiger partial charge in [0.25, 0.3) is 0 Å². The van der Waals surface area contributed by atoms with E-state index in [4.69, 9.17) is 5.73 Å². The van der Waals surface area contributed by atoms with E-state index in [0.717, 1.165) is 16.7 Å². The third-order valence-electron chi connectivity index (χ3n) is 1.96. The van der Waals surface area contributed by atoms with Crippen molar-refractivity contribution in [2.75, 3.05) is 0 Å². The van der Waals surface area contributed by atoms with Crippen molar-refractivity contribution >= 4 is 0 Å². The van der Waals surface area contributed by atoms with Crippen LogP contribution in [0.4, 0.5) is 4.39 Å². The molecule has 0 bridgehead atoms. The molecule has 0 aliphatic carbocycles. The minimum absolute atomic E-state index is 0.200. The predicted molar refractivity (Wildman–Crippen MR) is 43.8 cm³/mol. The summed E-state index contributed by atoms with van der Waals surface area (Å²) in [5.74, 6) is -0.200. The summed E-state index contributed by atoms with van der Waals surface area (Å²) in [7, 11) is 0. The molecular formula is C9H12FN. The van der Waals surface area contributed by atoms with Crippen LogP contribution in [0.1, 0.15) is 16.7 Å². The molecule has 1 aromatic rings. The second-order valence-electron chi connectivity index (χ2n) is 2.71. The Morgan fingerprint density at radius 1 is 1.36 bits per heavy atom. The second kappa shape index (κ2) is 3.01. The normalized spacial score (nSPS) is 10.2. The molecule has 0 atom stereocenters. The van der Waals surface area contributed by atoms with Crippen LogP contribution in [0.25, 0.3) is 0 Å². The largest absolute Gasteiger partial charge is 0.326 e. The van der Waals surface area contributed by atoms with Crippen LogP contribution in [0.5, 0.6) is 0 Å². The van der Waals surface area contributed by atoms with Crippen molar-refractivity contribution in [3.8, 4) is 0 Å². The lowest BCUT2D eigenvalue weighted by Crippen LogP contribution is -2.01. The fraction of sp³-hybridized carbons (Fsp3) is 0.333. The van der Waals surface area contributed by atoms with E-state index >= 15 is 0 Å². The number of hydrogen-bond donors (Lipinski definition) is 1. The van der Waals surface area contributed by atoms with E-state index in [1.807, 2.05) is 13.8 Å². The highest BCUT2D eigenvalue weighted by atomic mass is 19.1. The quantitative estimate of drug-likeness (QED) is 0.655. The first-order valence-corrected chi connectivity index (χ1v) is 3.61. The molecule has 0 amide bonds. The topological polar surface area (TPSA) is 26.0 Å². The van der Waals surface area contributed by atoms with Crippen LogP contribution in [0.15, 0.2) is 12.1 Å². The van der Waals surface area contributed by atoms with Crippen LogP contribution in [0, 0.1) is 19.7 Å². The predicted octanol–water partition coefficient (Wildman–Crippen LogP) is 1.90. The van der Waals surface area contributed by atoms with Gasteiger partial charge in [0, 0.05) is 6.54 Å². The summed E-state index contributed by atoms with van der Waals surface area (Å²) in [6.07, 6.45) is 0. The van der Waals surface area contributed by atoms with Gasteiger partial charge in [-0.3, -0.25) is 0 Å². The Morgan fingerprint density at radius 2 is 2.00 bits per heavy atom. The molecule has 0 unspecified atom stereocenters. The first-order valence-electron chi connectivity index (χ1n) is 3.61. The first kappa shape index (κ1) is 8.21. The Hall–Kier alpha value is -0.890. The molecule has 0 aromatic heterocycles. The zero-order valence-corrected chi connectivity index (χ0v) is 6.82. The molecular weight excluding hydrogens is 141 g/mol. The standard InChI is InChI=1S/C9H12FN/c1-6-3-9(10)4-8(5-11)7(6)2/h3-4H,5,11H2,1-2H3. The van der Waals surface area contributed by atoms with E-state index in [2.05, 4.69) is 0 Å². The van der Waals surface area contributed by atoms with E-state index in [1.165, 1.54) is 12.1 Å². The molecule has 0 fully saturated rings. The van der Waals surface area contributed by atoms with Gasteiger partial charge in [0.1, 0.15) is 5.82 Å². The summed E-state index contributed by atoms with van der Waals surface area (Å²) in [5, 5.41) is 0. The van der Waals surface area contributed by atoms with Crippen LogP contribution in [-0.4, -0.2) is 0 Å². The lowest BCUT2D eigenvalue weighted by Gasteiger charge is -2.05. The van der Waals surface area contributed by atoms with Gasteiger partial charge in [-0.25, -0.2) is 4.39 Å². The third kappa shape index (κ3) is 1.57. The van der Waals surface area contributed by atoms with Crippen LogP contribution >= 0.6 is 0 Å². The maximum absolute atomic E-state index is 12.7. The molecule has 0 spiro atoms. The Balaban J connectivity index is 3.24. The molecule has 0 saturated heterocycles. The highest BCUT2D eigenvalue weighted by Crippen LogP contribution is 2.14. The molecule has 0 aliphatic rings. The molecule has 0 saturated carbocycles. The monoisotopic (exact) mass is 153 g/mol. The molecule has 0 aliphatic heterocycles. The van der Waals surface area contributed by atoms with Gasteiger partial charge in [-0.1, -0.05) is 0 Å². The number of nitrogens with two attached hydrogens (primary N) is 1. The van der Waals surface area contributed by atoms with Crippen LogP contribution in [0.2, 0.25) is 0 Å². The molecule has 2 heteroatoms. The van der Waals surface area contributed by atoms with Crippen LogP contribution in [0.3, 0.4) is 0 Å². The lowest BCUT2D eigenvalue weighted by atomic mass is 10.0. The van der Waals surface area contributed by atoms with E-state index in [-0.39, 0.29) is 5.82 Å². The molecule has 1 aromatic carbocycles. The van der Waals surface area contributed by atoms with Gasteiger partial charge < -0.3 is 5.73 Å². The average Bonchev–Trinajstić information content (AvgIpc) is 1.96. The Kier molecular flexibility index (Phi) is 2.25. The zero-order valence-electron chi connectivity index (χ0n) is 6.82. The number of hydrogen-bond acceptors (Lipinski definition) is 1. The maximum Gasteiger partial charge on any atom is 0.123 e. The van der Waals surface area contributed by atoms with Gasteiger partial charge in [-0.15, -0.1) is 0 Å². The van der Waals surface area contributed by atoms with Crippen molar-refractivity contribution in [2.45, 2.75) is 20.4 Å². The maximum atomic E-state index is 12.7. The molecule has 0 radical (unpaired) electrons. The number of halogens is 1. The summed E-state index contributed by atoms with van der Waals surface area (Å²) in [4.78, 5) is 0. The number of rotatable bonds is 1. The Labute approximate surface area is 66.0 Å². The highest BCUT2D eigenvalue weighted by molar-refractivity contribution is 5.33. The summed E-state index contributed by atoms with van der Waals surface area (Å²) < 4.78 is 12.7. The fourth-order valence-electron chi connectivity index (χ4n) is 1.10. The van der Waals surface area contributed by atoms with Crippen molar-refractivity contribution in [1.29, 1.82) is 0 Å². The first-order chi connectivity index (χ1) is 5.15. The van der Waals surface area contributed by atoms with Gasteiger partial charge in [-0.2, -0.15) is 0 Å². The third-order valence-corrected chi connectivity index (χ3v) is 1.96. The molecule has 2 N–H and O–H groups in total. The van der Waals surface area contributed by atoms with Crippen molar-refractivity contribution in [3.05, 3.63) is 34.6 Å². The summed E-state index contributed by atoms with van der Waals surface area (Å²) in [6, 6.07) is 3.01. The zero-order chi connectivity index (χ0) is 8.43. The van der Waals surface area contributed by atoms with Gasteiger partial charge in [0.2, 0.25) is 0 Å². The summed E-state index contributed by atoms with van der Waals surface area (Å²) >= 11 is 0. The highest BCUT2D eigenvalue weighted by Gasteiger charge is 2.01. The van der Waals surface area contributed by atoms with Gasteiger partial charge >= 0.3 is 0 Å². The molecule has 60 valence electrons. The second-order valence-corrected chi connectivity index (χ2v) is 2.71. The minimum Gasteiger partial charge on any atom is -0.326 e. The van der Waals surface area contributed by atoms with E-state index in [0.29, 0.717) is 6.54 Å². The van der Waals surface area contributed by atoms with Crippen molar-refractivity contribution in [2.24, 2.45) is 5.73 Å². The lowest BCUT2D eigenvalue weighted by molar-refractivity contribution is 0.623. The number of aryl methyl sites for hydroxylation is 1. The van der Waals surface area contributed by atoms with E-state index < -0.39 is 0 Å². The minimum atomic E-state index is -0.200. The van der Waals surface area contributed by atoms with Crippen LogP contribution < -0.4 is 5.73 Å². The van der Waals surface area contributed by atoms with Gasteiger partial charge in [0.05, 0.1) is 0 Å². The van der Waals surface area contributed by atoms with E-state index in [1.54, 1.807) is 0 Å². The summed E-state index contributed by atoms with van der Waals surface area (Å²) in [6.45, 7) is 4.25. The van der Waals surface area contributed by atoms with E-state index in [9.17, 15) is 4.39 Å². The molecule has 1 nitrogen and oxygen atoms in total. The SMILES string of the molecule is Cc1cc(F)cc(CN)c1C. The Morgan fingerprint density at radius 3 is 2.55 bits per heavy atom. The van der Waals surface area contributed by atoms with Crippen molar-refractivity contribution in [3.63, 3.8) is 0 Å². The molecule has 11 heavy (non-hydrogen) atoms. The Bertz CT molecular complexity index is 269.